The average molecular weight is 257 g/mol. The number of thioether (sulfide) groups is 1. The zero-order chi connectivity index (χ0) is 12.3. The monoisotopic (exact) mass is 257 g/mol. The van der Waals surface area contributed by atoms with Gasteiger partial charge in [-0.25, -0.2) is 0 Å². The lowest BCUT2D eigenvalue weighted by molar-refractivity contribution is 0.157. The van der Waals surface area contributed by atoms with E-state index in [1.165, 1.54) is 37.9 Å². The molecular formula is C14H27NOS. The summed E-state index contributed by atoms with van der Waals surface area (Å²) in [6.45, 7) is 4.90. The fourth-order valence-electron chi connectivity index (χ4n) is 2.33. The van der Waals surface area contributed by atoms with Crippen LogP contribution in [0.5, 0.6) is 0 Å². The Bertz CT molecular complexity index is 240. The third kappa shape index (κ3) is 3.87. The first-order valence-corrected chi connectivity index (χ1v) is 8.32. The van der Waals surface area contributed by atoms with Gasteiger partial charge in [-0.2, -0.15) is 11.8 Å². The molecule has 0 bridgehead atoms. The maximum atomic E-state index is 9.81. The number of aliphatic hydroxyl groups is 1. The van der Waals surface area contributed by atoms with E-state index in [-0.39, 0.29) is 5.54 Å². The third-order valence-electron chi connectivity index (χ3n) is 4.17. The molecule has 0 aliphatic heterocycles. The second-order valence-electron chi connectivity index (χ2n) is 6.04. The topological polar surface area (TPSA) is 32.3 Å². The van der Waals surface area contributed by atoms with Gasteiger partial charge in [0.15, 0.2) is 0 Å². The van der Waals surface area contributed by atoms with E-state index in [2.05, 4.69) is 19.2 Å². The summed E-state index contributed by atoms with van der Waals surface area (Å²) in [4.78, 5) is 0. The van der Waals surface area contributed by atoms with Gasteiger partial charge in [-0.3, -0.25) is 0 Å². The molecule has 2 fully saturated rings. The second kappa shape index (κ2) is 5.94. The second-order valence-corrected chi connectivity index (χ2v) is 7.07. The lowest BCUT2D eigenvalue weighted by Crippen LogP contribution is -2.54. The van der Waals surface area contributed by atoms with E-state index in [1.807, 2.05) is 11.8 Å². The van der Waals surface area contributed by atoms with Crippen molar-refractivity contribution in [2.75, 3.05) is 18.1 Å². The van der Waals surface area contributed by atoms with Crippen molar-refractivity contribution >= 4 is 11.8 Å². The number of rotatable bonds is 9. The third-order valence-corrected chi connectivity index (χ3v) is 5.69. The lowest BCUT2D eigenvalue weighted by atomic mass is 9.96. The molecule has 0 saturated heterocycles. The molecule has 2 saturated carbocycles. The van der Waals surface area contributed by atoms with Crippen molar-refractivity contribution in [3.05, 3.63) is 0 Å². The molecule has 2 N–H and O–H groups in total. The summed E-state index contributed by atoms with van der Waals surface area (Å²) in [5.41, 5.74) is 0.0410. The van der Waals surface area contributed by atoms with Crippen molar-refractivity contribution in [2.45, 2.75) is 57.5 Å². The van der Waals surface area contributed by atoms with Crippen LogP contribution in [0.1, 0.15) is 46.0 Å². The number of nitrogens with one attached hydrogen (secondary N) is 1. The molecule has 2 rings (SSSR count). The van der Waals surface area contributed by atoms with Gasteiger partial charge in [0.2, 0.25) is 0 Å². The predicted octanol–water partition coefficient (Wildman–Crippen LogP) is 2.66. The summed E-state index contributed by atoms with van der Waals surface area (Å²) in [7, 11) is 0. The molecular weight excluding hydrogens is 230 g/mol. The van der Waals surface area contributed by atoms with E-state index in [1.54, 1.807) is 0 Å². The van der Waals surface area contributed by atoms with Gasteiger partial charge >= 0.3 is 0 Å². The van der Waals surface area contributed by atoms with Crippen molar-refractivity contribution < 1.29 is 5.11 Å². The summed E-state index contributed by atoms with van der Waals surface area (Å²) in [5, 5.41) is 13.5. The predicted molar refractivity (Wildman–Crippen MR) is 75.5 cm³/mol. The van der Waals surface area contributed by atoms with E-state index in [0.29, 0.717) is 12.6 Å². The van der Waals surface area contributed by atoms with Crippen LogP contribution in [-0.4, -0.2) is 34.8 Å². The smallest absolute Gasteiger partial charge is 0.0624 e. The summed E-state index contributed by atoms with van der Waals surface area (Å²) < 4.78 is 0. The molecule has 100 valence electrons. The molecule has 3 heteroatoms. The lowest BCUT2D eigenvalue weighted by Gasteiger charge is -2.34. The summed E-state index contributed by atoms with van der Waals surface area (Å²) in [6, 6.07) is 0.701. The Morgan fingerprint density at radius 2 is 2.06 bits per heavy atom. The van der Waals surface area contributed by atoms with Crippen LogP contribution in [-0.2, 0) is 0 Å². The average Bonchev–Trinajstić information content (AvgIpc) is 3.18. The maximum Gasteiger partial charge on any atom is 0.0624 e. The number of aliphatic hydroxyl groups excluding tert-OH is 1. The van der Waals surface area contributed by atoms with Crippen LogP contribution in [0.3, 0.4) is 0 Å². The molecule has 0 aromatic heterocycles. The molecule has 2 unspecified atom stereocenters. The zero-order valence-electron chi connectivity index (χ0n) is 11.2. The number of hydrogen-bond donors (Lipinski definition) is 2. The van der Waals surface area contributed by atoms with Crippen LogP contribution in [0.2, 0.25) is 0 Å². The van der Waals surface area contributed by atoms with E-state index in [0.717, 1.165) is 17.6 Å². The first-order chi connectivity index (χ1) is 8.20. The molecule has 0 amide bonds. The van der Waals surface area contributed by atoms with E-state index >= 15 is 0 Å². The minimum absolute atomic E-state index is 0.0410. The van der Waals surface area contributed by atoms with Gasteiger partial charge in [-0.15, -0.1) is 0 Å². The quantitative estimate of drug-likeness (QED) is 0.666. The normalized spacial score (nSPS) is 25.6. The largest absolute Gasteiger partial charge is 0.394 e. The van der Waals surface area contributed by atoms with Gasteiger partial charge in [-0.1, -0.05) is 20.3 Å². The molecule has 2 aliphatic rings. The highest BCUT2D eigenvalue weighted by Crippen LogP contribution is 2.43. The van der Waals surface area contributed by atoms with Gasteiger partial charge in [0.25, 0.3) is 0 Å². The fraction of sp³-hybridized carbons (Fsp3) is 1.00. The SMILES string of the molecule is CCC(C)CSCC(CO)(NC1CC1)C1CC1. The Hall–Kier alpha value is 0.270. The van der Waals surface area contributed by atoms with E-state index in [4.69, 9.17) is 0 Å². The van der Waals surface area contributed by atoms with Gasteiger partial charge in [0.05, 0.1) is 12.1 Å². The summed E-state index contributed by atoms with van der Waals surface area (Å²) >= 11 is 2.03. The van der Waals surface area contributed by atoms with Crippen LogP contribution in [0.15, 0.2) is 0 Å². The molecule has 0 radical (unpaired) electrons. The first-order valence-electron chi connectivity index (χ1n) is 7.16. The summed E-state index contributed by atoms with van der Waals surface area (Å²) in [6.07, 6.45) is 6.50. The van der Waals surface area contributed by atoms with Gasteiger partial charge in [0, 0.05) is 11.8 Å². The van der Waals surface area contributed by atoms with Crippen molar-refractivity contribution in [3.63, 3.8) is 0 Å². The van der Waals surface area contributed by atoms with Gasteiger partial charge in [0.1, 0.15) is 0 Å². The number of hydrogen-bond acceptors (Lipinski definition) is 3. The van der Waals surface area contributed by atoms with Crippen molar-refractivity contribution in [2.24, 2.45) is 11.8 Å². The van der Waals surface area contributed by atoms with Gasteiger partial charge < -0.3 is 10.4 Å². The van der Waals surface area contributed by atoms with Crippen LogP contribution in [0.25, 0.3) is 0 Å². The van der Waals surface area contributed by atoms with E-state index < -0.39 is 0 Å². The van der Waals surface area contributed by atoms with Crippen LogP contribution < -0.4 is 5.32 Å². The Balaban J connectivity index is 1.81. The van der Waals surface area contributed by atoms with Crippen molar-refractivity contribution in [3.8, 4) is 0 Å². The molecule has 0 heterocycles. The van der Waals surface area contributed by atoms with Crippen LogP contribution in [0, 0.1) is 11.8 Å². The Kier molecular flexibility index (Phi) is 4.79. The maximum absolute atomic E-state index is 9.81. The molecule has 2 aliphatic carbocycles. The molecule has 0 aromatic carbocycles. The Morgan fingerprint density at radius 1 is 1.35 bits per heavy atom. The van der Waals surface area contributed by atoms with Crippen LogP contribution in [0.4, 0.5) is 0 Å². The molecule has 2 nitrogen and oxygen atoms in total. The minimum atomic E-state index is 0.0410. The molecule has 17 heavy (non-hydrogen) atoms. The molecule has 0 aromatic rings. The zero-order valence-corrected chi connectivity index (χ0v) is 12.1. The standard InChI is InChI=1S/C14H27NOS/c1-3-11(2)8-17-10-14(9-16,12-4-5-12)15-13-6-7-13/h11-13,15-16H,3-10H2,1-2H3. The van der Waals surface area contributed by atoms with Crippen LogP contribution >= 0.6 is 11.8 Å². The minimum Gasteiger partial charge on any atom is -0.394 e. The first kappa shape index (κ1) is 13.7. The van der Waals surface area contributed by atoms with E-state index in [9.17, 15) is 5.11 Å². The fourth-order valence-corrected chi connectivity index (χ4v) is 3.86. The Morgan fingerprint density at radius 3 is 2.53 bits per heavy atom. The highest BCUT2D eigenvalue weighted by molar-refractivity contribution is 7.99. The van der Waals surface area contributed by atoms with Gasteiger partial charge in [-0.05, 0) is 43.3 Å². The Labute approximate surface area is 110 Å². The molecule has 0 spiro atoms. The highest BCUT2D eigenvalue weighted by Gasteiger charge is 2.47. The molecule has 2 atom stereocenters. The van der Waals surface area contributed by atoms with Crippen molar-refractivity contribution in [1.82, 2.24) is 5.32 Å². The summed E-state index contributed by atoms with van der Waals surface area (Å²) in [5.74, 6) is 3.86. The van der Waals surface area contributed by atoms with Crippen molar-refractivity contribution in [1.29, 1.82) is 0 Å². The highest BCUT2D eigenvalue weighted by atomic mass is 32.2.